The molecule has 0 radical (unpaired) electrons. The summed E-state index contributed by atoms with van der Waals surface area (Å²) in [5, 5.41) is 14.2. The van der Waals surface area contributed by atoms with Gasteiger partial charge in [-0.1, -0.05) is 25.2 Å². The van der Waals surface area contributed by atoms with Gasteiger partial charge in [0.15, 0.2) is 0 Å². The minimum atomic E-state index is -0.105. The topological polar surface area (TPSA) is 58.6 Å². The Labute approximate surface area is 126 Å². The van der Waals surface area contributed by atoms with E-state index in [-0.39, 0.29) is 11.5 Å². The maximum absolute atomic E-state index is 10.4. The summed E-state index contributed by atoms with van der Waals surface area (Å²) >= 11 is 0. The Kier molecular flexibility index (Phi) is 2.90. The highest BCUT2D eigenvalue weighted by atomic mass is 16.3. The van der Waals surface area contributed by atoms with Crippen molar-refractivity contribution in [2.45, 2.75) is 38.7 Å². The van der Waals surface area contributed by atoms with Crippen LogP contribution in [0.15, 0.2) is 41.1 Å². The van der Waals surface area contributed by atoms with E-state index in [0.29, 0.717) is 23.7 Å². The fourth-order valence-corrected chi connectivity index (χ4v) is 5.37. The second-order valence-corrected chi connectivity index (χ2v) is 7.43. The minimum Gasteiger partial charge on any atom is -0.393 e. The van der Waals surface area contributed by atoms with E-state index < -0.39 is 0 Å². The normalized spacial score (nSPS) is 49.5. The van der Waals surface area contributed by atoms with Gasteiger partial charge in [0.25, 0.3) is 0 Å². The molecule has 0 unspecified atom stereocenters. The lowest BCUT2D eigenvalue weighted by molar-refractivity contribution is -0.0264. The molecule has 3 nitrogen and oxygen atoms in total. The third kappa shape index (κ3) is 1.80. The lowest BCUT2D eigenvalue weighted by Gasteiger charge is -2.50. The zero-order chi connectivity index (χ0) is 14.6. The van der Waals surface area contributed by atoms with Crippen molar-refractivity contribution in [3.63, 3.8) is 0 Å². The Morgan fingerprint density at radius 2 is 2.10 bits per heavy atom. The number of hydrogen-bond donors (Lipinski definition) is 2. The van der Waals surface area contributed by atoms with Gasteiger partial charge in [-0.2, -0.15) is 5.10 Å². The van der Waals surface area contributed by atoms with Crippen LogP contribution in [0.5, 0.6) is 0 Å². The minimum absolute atomic E-state index is 0.105. The first kappa shape index (κ1) is 13.3. The molecule has 4 aliphatic carbocycles. The SMILES string of the molecule is C[C@]12CC[C@H]3[C@@H](C=CC4=C/C(=N/N)C=C[C@@H]43)[C@@H]1CC[C@@H]2O. The summed E-state index contributed by atoms with van der Waals surface area (Å²) in [5.41, 5.74) is 2.35. The van der Waals surface area contributed by atoms with Gasteiger partial charge in [-0.15, -0.1) is 0 Å². The number of hydrazone groups is 1. The van der Waals surface area contributed by atoms with Crippen LogP contribution in [0.4, 0.5) is 0 Å². The van der Waals surface area contributed by atoms with E-state index in [0.717, 1.165) is 18.6 Å². The third-order valence-electron chi connectivity index (χ3n) is 6.63. The number of aliphatic hydroxyl groups excluding tert-OH is 1. The second-order valence-electron chi connectivity index (χ2n) is 7.43. The summed E-state index contributed by atoms with van der Waals surface area (Å²) in [4.78, 5) is 0. The van der Waals surface area contributed by atoms with E-state index in [1.807, 2.05) is 0 Å². The largest absolute Gasteiger partial charge is 0.393 e. The second kappa shape index (κ2) is 4.57. The number of allylic oxidation sites excluding steroid dienone is 6. The molecule has 6 atom stereocenters. The van der Waals surface area contributed by atoms with Gasteiger partial charge in [-0.05, 0) is 66.6 Å². The maximum Gasteiger partial charge on any atom is 0.0826 e. The average Bonchev–Trinajstić information content (AvgIpc) is 2.82. The molecule has 4 rings (SSSR count). The average molecular weight is 284 g/mol. The zero-order valence-corrected chi connectivity index (χ0v) is 12.6. The molecule has 112 valence electrons. The number of fused-ring (bicyclic) bond motifs is 5. The van der Waals surface area contributed by atoms with Crippen LogP contribution in [0.1, 0.15) is 32.6 Å². The van der Waals surface area contributed by atoms with Gasteiger partial charge < -0.3 is 10.9 Å². The molecule has 0 aromatic carbocycles. The number of nitrogens with two attached hydrogens (primary N) is 1. The van der Waals surface area contributed by atoms with Crippen LogP contribution in [-0.4, -0.2) is 16.9 Å². The predicted molar refractivity (Wildman–Crippen MR) is 84.5 cm³/mol. The fourth-order valence-electron chi connectivity index (χ4n) is 5.37. The van der Waals surface area contributed by atoms with Crippen molar-refractivity contribution in [2.75, 3.05) is 0 Å². The highest BCUT2D eigenvalue weighted by Gasteiger charge is 2.54. The molecule has 2 fully saturated rings. The molecule has 0 aromatic heterocycles. The van der Waals surface area contributed by atoms with Gasteiger partial charge in [-0.25, -0.2) is 0 Å². The molecule has 0 heterocycles. The Morgan fingerprint density at radius 1 is 1.24 bits per heavy atom. The Balaban J connectivity index is 1.69. The van der Waals surface area contributed by atoms with Crippen LogP contribution in [-0.2, 0) is 0 Å². The molecule has 0 amide bonds. The van der Waals surface area contributed by atoms with Crippen molar-refractivity contribution in [2.24, 2.45) is 40.0 Å². The highest BCUT2D eigenvalue weighted by Crippen LogP contribution is 2.59. The van der Waals surface area contributed by atoms with Gasteiger partial charge >= 0.3 is 0 Å². The predicted octanol–water partition coefficient (Wildman–Crippen LogP) is 2.79. The molecule has 2 saturated carbocycles. The van der Waals surface area contributed by atoms with Gasteiger partial charge in [0.1, 0.15) is 0 Å². The molecule has 0 saturated heterocycles. The van der Waals surface area contributed by atoms with E-state index in [9.17, 15) is 5.11 Å². The van der Waals surface area contributed by atoms with Gasteiger partial charge in [0, 0.05) is 5.92 Å². The van der Waals surface area contributed by atoms with E-state index >= 15 is 0 Å². The van der Waals surface area contributed by atoms with Crippen LogP contribution in [0, 0.1) is 29.1 Å². The fraction of sp³-hybridized carbons (Fsp3) is 0.611. The van der Waals surface area contributed by atoms with Crippen LogP contribution in [0.3, 0.4) is 0 Å². The monoisotopic (exact) mass is 284 g/mol. The van der Waals surface area contributed by atoms with Crippen molar-refractivity contribution in [1.82, 2.24) is 0 Å². The van der Waals surface area contributed by atoms with Crippen LogP contribution >= 0.6 is 0 Å². The number of rotatable bonds is 0. The third-order valence-corrected chi connectivity index (χ3v) is 6.63. The number of nitrogens with zero attached hydrogens (tertiary/aromatic N) is 1. The first-order valence-electron chi connectivity index (χ1n) is 8.17. The molecule has 0 aromatic rings. The summed E-state index contributed by atoms with van der Waals surface area (Å²) in [6.45, 7) is 2.31. The Hall–Kier alpha value is -1.35. The maximum atomic E-state index is 10.4. The summed E-state index contributed by atoms with van der Waals surface area (Å²) in [6.07, 6.45) is 15.6. The summed E-state index contributed by atoms with van der Waals surface area (Å²) in [7, 11) is 0. The molecule has 0 bridgehead atoms. The Morgan fingerprint density at radius 3 is 2.90 bits per heavy atom. The Bertz CT molecular complexity index is 574. The lowest BCUT2D eigenvalue weighted by Crippen LogP contribution is -2.45. The standard InChI is InChI=1S/C18H24N2O/c1-18-9-8-14-13-5-3-12(20-19)10-11(13)2-4-15(14)16(18)6-7-17(18)21/h2-5,10,13-17,21H,6-9,19H2,1H3/b20-12+/t13-,14+,15+,16-,17-,18-/m0/s1. The number of aliphatic hydroxyl groups is 1. The van der Waals surface area contributed by atoms with Crippen LogP contribution in [0.2, 0.25) is 0 Å². The quantitative estimate of drug-likeness (QED) is 0.531. The van der Waals surface area contributed by atoms with Crippen LogP contribution in [0.25, 0.3) is 0 Å². The molecule has 3 heteroatoms. The highest BCUT2D eigenvalue weighted by molar-refractivity contribution is 6.05. The summed E-state index contributed by atoms with van der Waals surface area (Å²) in [6, 6.07) is 0. The van der Waals surface area contributed by atoms with Crippen molar-refractivity contribution in [3.05, 3.63) is 36.0 Å². The molecule has 4 aliphatic rings. The van der Waals surface area contributed by atoms with E-state index in [2.05, 4.69) is 42.4 Å². The summed E-state index contributed by atoms with van der Waals surface area (Å²) in [5.74, 6) is 7.84. The van der Waals surface area contributed by atoms with Crippen LogP contribution < -0.4 is 5.84 Å². The number of hydrogen-bond acceptors (Lipinski definition) is 3. The summed E-state index contributed by atoms with van der Waals surface area (Å²) < 4.78 is 0. The van der Waals surface area contributed by atoms with Crippen molar-refractivity contribution < 1.29 is 5.11 Å². The molecule has 21 heavy (non-hydrogen) atoms. The zero-order valence-electron chi connectivity index (χ0n) is 12.6. The molecular weight excluding hydrogens is 260 g/mol. The lowest BCUT2D eigenvalue weighted by atomic mass is 9.54. The van der Waals surface area contributed by atoms with Gasteiger partial charge in [0.05, 0.1) is 11.8 Å². The molecule has 0 aliphatic heterocycles. The molecular formula is C18H24N2O. The molecule has 3 N–H and O–H groups in total. The van der Waals surface area contributed by atoms with Crippen molar-refractivity contribution in [3.8, 4) is 0 Å². The van der Waals surface area contributed by atoms with Crippen molar-refractivity contribution in [1.29, 1.82) is 0 Å². The van der Waals surface area contributed by atoms with Gasteiger partial charge in [0.2, 0.25) is 0 Å². The first-order valence-corrected chi connectivity index (χ1v) is 8.17. The van der Waals surface area contributed by atoms with Gasteiger partial charge in [-0.3, -0.25) is 0 Å². The first-order chi connectivity index (χ1) is 10.1. The molecule has 0 spiro atoms. The van der Waals surface area contributed by atoms with E-state index in [1.165, 1.54) is 18.4 Å². The van der Waals surface area contributed by atoms with E-state index in [1.54, 1.807) is 0 Å². The smallest absolute Gasteiger partial charge is 0.0826 e. The van der Waals surface area contributed by atoms with Crippen molar-refractivity contribution >= 4 is 5.71 Å². The van der Waals surface area contributed by atoms with E-state index in [4.69, 9.17) is 5.84 Å².